The molecule has 132 valence electrons. The van der Waals surface area contributed by atoms with Crippen LogP contribution in [-0.4, -0.2) is 34.8 Å². The van der Waals surface area contributed by atoms with Crippen molar-refractivity contribution in [3.8, 4) is 0 Å². The van der Waals surface area contributed by atoms with Crippen LogP contribution in [0.1, 0.15) is 47.8 Å². The van der Waals surface area contributed by atoms with Crippen molar-refractivity contribution in [2.75, 3.05) is 13.1 Å². The molecule has 0 spiro atoms. The summed E-state index contributed by atoms with van der Waals surface area (Å²) in [6, 6.07) is 17.1. The summed E-state index contributed by atoms with van der Waals surface area (Å²) >= 11 is 0. The zero-order chi connectivity index (χ0) is 17.8. The van der Waals surface area contributed by atoms with Gasteiger partial charge in [-0.2, -0.15) is 0 Å². The van der Waals surface area contributed by atoms with Crippen molar-refractivity contribution in [3.05, 3.63) is 70.8 Å². The smallest absolute Gasteiger partial charge is 0.254 e. The summed E-state index contributed by atoms with van der Waals surface area (Å²) in [4.78, 5) is 17.2. The molecule has 3 nitrogen and oxygen atoms in total. The molecule has 2 aromatic carbocycles. The van der Waals surface area contributed by atoms with Crippen molar-refractivity contribution >= 4 is 5.91 Å². The molecule has 0 bridgehead atoms. The third-order valence-electron chi connectivity index (χ3n) is 5.14. The Labute approximate surface area is 151 Å². The molecule has 0 atom stereocenters. The molecular weight excluding hydrogens is 308 g/mol. The van der Waals surface area contributed by atoms with Gasteiger partial charge in [0.1, 0.15) is 0 Å². The van der Waals surface area contributed by atoms with Crippen LogP contribution in [-0.2, 0) is 19.5 Å². The van der Waals surface area contributed by atoms with E-state index in [4.69, 9.17) is 0 Å². The lowest BCUT2D eigenvalue weighted by atomic mass is 9.99. The molecule has 1 aliphatic rings. The quantitative estimate of drug-likeness (QED) is 0.820. The van der Waals surface area contributed by atoms with Gasteiger partial charge in [0.15, 0.2) is 0 Å². The van der Waals surface area contributed by atoms with Gasteiger partial charge in [0.25, 0.3) is 5.91 Å². The second-order valence-corrected chi connectivity index (χ2v) is 7.10. The minimum Gasteiger partial charge on any atom is -0.334 e. The maximum Gasteiger partial charge on any atom is 0.254 e. The van der Waals surface area contributed by atoms with Gasteiger partial charge in [-0.05, 0) is 55.6 Å². The Bertz CT molecular complexity index is 721. The molecule has 0 radical (unpaired) electrons. The third kappa shape index (κ3) is 4.10. The van der Waals surface area contributed by atoms with Gasteiger partial charge in [-0.25, -0.2) is 0 Å². The minimum absolute atomic E-state index is 0.136. The number of rotatable bonds is 5. The van der Waals surface area contributed by atoms with E-state index >= 15 is 0 Å². The van der Waals surface area contributed by atoms with Gasteiger partial charge in [0.05, 0.1) is 0 Å². The number of carbonyl (C=O) groups excluding carboxylic acids is 1. The second-order valence-electron chi connectivity index (χ2n) is 7.10. The van der Waals surface area contributed by atoms with Crippen LogP contribution >= 0.6 is 0 Å². The zero-order valence-corrected chi connectivity index (χ0v) is 15.5. The molecule has 1 heterocycles. The standard InChI is InChI=1S/C22H28N2O/c1-4-23(17(2)3)15-18-9-11-20(12-10-18)22(25)24-14-13-19-7-5-6-8-21(19)16-24/h5-12,17H,4,13-16H2,1-3H3. The van der Waals surface area contributed by atoms with Crippen molar-refractivity contribution in [3.63, 3.8) is 0 Å². The molecule has 25 heavy (non-hydrogen) atoms. The van der Waals surface area contributed by atoms with E-state index in [0.29, 0.717) is 12.6 Å². The van der Waals surface area contributed by atoms with Crippen LogP contribution in [0.5, 0.6) is 0 Å². The normalized spacial score (nSPS) is 14.0. The van der Waals surface area contributed by atoms with Crippen LogP contribution in [0, 0.1) is 0 Å². The van der Waals surface area contributed by atoms with Gasteiger partial charge >= 0.3 is 0 Å². The molecule has 0 unspecified atom stereocenters. The van der Waals surface area contributed by atoms with Gasteiger partial charge < -0.3 is 4.90 Å². The van der Waals surface area contributed by atoms with E-state index in [1.54, 1.807) is 0 Å². The Hall–Kier alpha value is -2.13. The molecule has 0 N–H and O–H groups in total. The van der Waals surface area contributed by atoms with Crippen molar-refractivity contribution in [1.82, 2.24) is 9.80 Å². The van der Waals surface area contributed by atoms with Crippen LogP contribution in [0.2, 0.25) is 0 Å². The van der Waals surface area contributed by atoms with Gasteiger partial charge in [0.2, 0.25) is 0 Å². The summed E-state index contributed by atoms with van der Waals surface area (Å²) < 4.78 is 0. The predicted molar refractivity (Wildman–Crippen MR) is 103 cm³/mol. The van der Waals surface area contributed by atoms with Crippen molar-refractivity contribution in [2.45, 2.75) is 46.3 Å². The number of nitrogens with zero attached hydrogens (tertiary/aromatic N) is 2. The summed E-state index contributed by atoms with van der Waals surface area (Å²) in [5.41, 5.74) is 4.69. The Morgan fingerprint density at radius 1 is 1.08 bits per heavy atom. The van der Waals surface area contributed by atoms with E-state index in [-0.39, 0.29) is 5.91 Å². The van der Waals surface area contributed by atoms with E-state index in [9.17, 15) is 4.79 Å². The highest BCUT2D eigenvalue weighted by molar-refractivity contribution is 5.94. The maximum atomic E-state index is 12.8. The molecule has 1 amide bonds. The Morgan fingerprint density at radius 2 is 1.76 bits per heavy atom. The monoisotopic (exact) mass is 336 g/mol. The molecule has 0 aliphatic carbocycles. The second kappa shape index (κ2) is 7.83. The lowest BCUT2D eigenvalue weighted by Gasteiger charge is -2.29. The average molecular weight is 336 g/mol. The number of fused-ring (bicyclic) bond motifs is 1. The van der Waals surface area contributed by atoms with Crippen molar-refractivity contribution in [2.24, 2.45) is 0 Å². The van der Waals surface area contributed by atoms with Gasteiger partial charge in [-0.1, -0.05) is 43.3 Å². The van der Waals surface area contributed by atoms with Gasteiger partial charge in [-0.3, -0.25) is 9.69 Å². The Morgan fingerprint density at radius 3 is 2.40 bits per heavy atom. The number of benzene rings is 2. The lowest BCUT2D eigenvalue weighted by molar-refractivity contribution is 0.0734. The molecule has 2 aromatic rings. The molecule has 3 rings (SSSR count). The van der Waals surface area contributed by atoms with Crippen LogP contribution < -0.4 is 0 Å². The van der Waals surface area contributed by atoms with Gasteiger partial charge in [0, 0.05) is 31.2 Å². The third-order valence-corrected chi connectivity index (χ3v) is 5.14. The first kappa shape index (κ1) is 17.7. The number of hydrogen-bond donors (Lipinski definition) is 0. The fraction of sp³-hybridized carbons (Fsp3) is 0.409. The Kier molecular flexibility index (Phi) is 5.54. The summed E-state index contributed by atoms with van der Waals surface area (Å²) in [6.45, 7) is 10.1. The lowest BCUT2D eigenvalue weighted by Crippen LogP contribution is -2.36. The van der Waals surface area contributed by atoms with E-state index in [1.165, 1.54) is 16.7 Å². The minimum atomic E-state index is 0.136. The molecular formula is C22H28N2O. The van der Waals surface area contributed by atoms with Crippen molar-refractivity contribution < 1.29 is 4.79 Å². The van der Waals surface area contributed by atoms with E-state index in [2.05, 4.69) is 62.1 Å². The average Bonchev–Trinajstić information content (AvgIpc) is 2.65. The fourth-order valence-corrected chi connectivity index (χ4v) is 3.50. The SMILES string of the molecule is CCN(Cc1ccc(C(=O)N2CCc3ccccc3C2)cc1)C(C)C. The van der Waals surface area contributed by atoms with E-state index < -0.39 is 0 Å². The van der Waals surface area contributed by atoms with Crippen LogP contribution in [0.3, 0.4) is 0 Å². The topological polar surface area (TPSA) is 23.6 Å². The molecule has 0 fully saturated rings. The summed E-state index contributed by atoms with van der Waals surface area (Å²) in [5, 5.41) is 0. The summed E-state index contributed by atoms with van der Waals surface area (Å²) in [7, 11) is 0. The highest BCUT2D eigenvalue weighted by Crippen LogP contribution is 2.20. The van der Waals surface area contributed by atoms with Crippen LogP contribution in [0.15, 0.2) is 48.5 Å². The highest BCUT2D eigenvalue weighted by atomic mass is 16.2. The first-order valence-electron chi connectivity index (χ1n) is 9.27. The van der Waals surface area contributed by atoms with Gasteiger partial charge in [-0.15, -0.1) is 0 Å². The molecule has 1 aliphatic heterocycles. The summed E-state index contributed by atoms with van der Waals surface area (Å²) in [6.07, 6.45) is 0.944. The number of hydrogen-bond acceptors (Lipinski definition) is 2. The first-order chi connectivity index (χ1) is 12.1. The largest absolute Gasteiger partial charge is 0.334 e. The number of carbonyl (C=O) groups is 1. The van der Waals surface area contributed by atoms with Crippen LogP contribution in [0.4, 0.5) is 0 Å². The molecule has 0 saturated heterocycles. The number of amides is 1. The molecule has 0 aromatic heterocycles. The Balaban J connectivity index is 1.67. The maximum absolute atomic E-state index is 12.8. The van der Waals surface area contributed by atoms with E-state index in [1.807, 2.05) is 17.0 Å². The highest BCUT2D eigenvalue weighted by Gasteiger charge is 2.21. The zero-order valence-electron chi connectivity index (χ0n) is 15.5. The summed E-state index contributed by atoms with van der Waals surface area (Å²) in [5.74, 6) is 0.136. The molecule has 3 heteroatoms. The molecule has 0 saturated carbocycles. The first-order valence-corrected chi connectivity index (χ1v) is 9.27. The van der Waals surface area contributed by atoms with Crippen LogP contribution in [0.25, 0.3) is 0 Å². The predicted octanol–water partition coefficient (Wildman–Crippen LogP) is 4.12. The van der Waals surface area contributed by atoms with E-state index in [0.717, 1.165) is 31.6 Å². The van der Waals surface area contributed by atoms with Crippen molar-refractivity contribution in [1.29, 1.82) is 0 Å². The fourth-order valence-electron chi connectivity index (χ4n) is 3.50.